The van der Waals surface area contributed by atoms with E-state index in [-0.39, 0.29) is 5.75 Å². The van der Waals surface area contributed by atoms with E-state index in [1.807, 2.05) is 0 Å². The largest absolute Gasteiger partial charge is 0.485 e. The van der Waals surface area contributed by atoms with Crippen molar-refractivity contribution >= 4 is 39.0 Å². The van der Waals surface area contributed by atoms with Crippen LogP contribution in [0.25, 0.3) is 10.2 Å². The maximum atomic E-state index is 13.8. The summed E-state index contributed by atoms with van der Waals surface area (Å²) in [6.07, 6.45) is -0.363. The van der Waals surface area contributed by atoms with Gasteiger partial charge >= 0.3 is 0 Å². The van der Waals surface area contributed by atoms with Crippen molar-refractivity contribution in [3.05, 3.63) is 40.8 Å². The molecule has 152 valence electrons. The Morgan fingerprint density at radius 1 is 1.34 bits per heavy atom. The van der Waals surface area contributed by atoms with Gasteiger partial charge in [0.15, 0.2) is 0 Å². The van der Waals surface area contributed by atoms with Crippen LogP contribution < -0.4 is 15.8 Å². The maximum Gasteiger partial charge on any atom is 0.259 e. The molecule has 3 aromatic rings. The molecule has 1 amide bonds. The molecule has 29 heavy (non-hydrogen) atoms. The molecular weight excluding hydrogens is 399 g/mol. The van der Waals surface area contributed by atoms with Crippen LogP contribution in [0, 0.1) is 12.7 Å². The normalized spacial score (nSPS) is 21.4. The topological polar surface area (TPSA) is 131 Å². The number of aromatic nitrogens is 2. The monoisotopic (exact) mass is 418 g/mol. The molecule has 2 aromatic heterocycles. The third-order valence-corrected chi connectivity index (χ3v) is 6.16. The highest BCUT2D eigenvalue weighted by atomic mass is 32.1. The van der Waals surface area contributed by atoms with Crippen molar-refractivity contribution in [3.63, 3.8) is 0 Å². The van der Waals surface area contributed by atoms with E-state index in [9.17, 15) is 19.4 Å². The number of amides is 1. The van der Waals surface area contributed by atoms with Crippen LogP contribution in [0.1, 0.15) is 28.1 Å². The number of primary amides is 1. The van der Waals surface area contributed by atoms with Gasteiger partial charge < -0.3 is 26.0 Å². The van der Waals surface area contributed by atoms with Crippen molar-refractivity contribution in [2.24, 2.45) is 5.73 Å². The predicted octanol–water partition coefficient (Wildman–Crippen LogP) is 2.24. The molecule has 1 aliphatic rings. The SMILES string of the molecule is Cc1c(C(N)=O)sc2ncnc(Nc3ccc(F)cc3O[C@@H]3CC[C@@H](O)[C@H]3O)c12. The van der Waals surface area contributed by atoms with Crippen LogP contribution in [-0.4, -0.2) is 44.4 Å². The zero-order chi connectivity index (χ0) is 20.7. The molecular formula is C19H19FN4O4S. The van der Waals surface area contributed by atoms with Crippen molar-refractivity contribution in [3.8, 4) is 5.75 Å². The van der Waals surface area contributed by atoms with Crippen LogP contribution in [-0.2, 0) is 0 Å². The summed E-state index contributed by atoms with van der Waals surface area (Å²) in [7, 11) is 0. The molecule has 8 nitrogen and oxygen atoms in total. The van der Waals surface area contributed by atoms with Gasteiger partial charge in [-0.3, -0.25) is 4.79 Å². The summed E-state index contributed by atoms with van der Waals surface area (Å²) in [5.41, 5.74) is 6.51. The second-order valence-corrected chi connectivity index (χ2v) is 7.88. The molecule has 10 heteroatoms. The Morgan fingerprint density at radius 3 is 2.83 bits per heavy atom. The van der Waals surface area contributed by atoms with Gasteiger partial charge in [-0.05, 0) is 37.5 Å². The van der Waals surface area contributed by atoms with Gasteiger partial charge in [0.2, 0.25) is 0 Å². The number of hydrogen-bond donors (Lipinski definition) is 4. The number of aryl methyl sites for hydroxylation is 1. The molecule has 3 atom stereocenters. The molecule has 1 aliphatic carbocycles. The quantitative estimate of drug-likeness (QED) is 0.500. The van der Waals surface area contributed by atoms with Gasteiger partial charge in [-0.15, -0.1) is 11.3 Å². The first-order valence-electron chi connectivity index (χ1n) is 8.98. The average molecular weight is 418 g/mol. The van der Waals surface area contributed by atoms with Crippen molar-refractivity contribution in [2.75, 3.05) is 5.32 Å². The zero-order valence-electron chi connectivity index (χ0n) is 15.4. The van der Waals surface area contributed by atoms with Crippen LogP contribution in [0.2, 0.25) is 0 Å². The number of carbonyl (C=O) groups excluding carboxylic acids is 1. The summed E-state index contributed by atoms with van der Waals surface area (Å²) in [5.74, 6) is -0.456. The lowest BCUT2D eigenvalue weighted by Crippen LogP contribution is -2.32. The number of nitrogens with two attached hydrogens (primary N) is 1. The van der Waals surface area contributed by atoms with Gasteiger partial charge in [-0.2, -0.15) is 0 Å². The molecule has 0 radical (unpaired) electrons. The van der Waals surface area contributed by atoms with Crippen LogP contribution in [0.3, 0.4) is 0 Å². The Balaban J connectivity index is 1.71. The zero-order valence-corrected chi connectivity index (χ0v) is 16.2. The molecule has 0 aliphatic heterocycles. The number of nitrogens with zero attached hydrogens (tertiary/aromatic N) is 2. The van der Waals surface area contributed by atoms with E-state index in [1.54, 1.807) is 6.92 Å². The van der Waals surface area contributed by atoms with Crippen LogP contribution >= 0.6 is 11.3 Å². The lowest BCUT2D eigenvalue weighted by atomic mass is 10.2. The fraction of sp³-hybridized carbons (Fsp3) is 0.316. The average Bonchev–Trinajstić information content (AvgIpc) is 3.19. The third-order valence-electron chi connectivity index (χ3n) is 4.95. The lowest BCUT2D eigenvalue weighted by molar-refractivity contribution is -0.00860. The highest BCUT2D eigenvalue weighted by molar-refractivity contribution is 7.20. The molecule has 0 unspecified atom stereocenters. The number of hydrogen-bond acceptors (Lipinski definition) is 8. The Morgan fingerprint density at radius 2 is 2.14 bits per heavy atom. The number of benzene rings is 1. The maximum absolute atomic E-state index is 13.8. The van der Waals surface area contributed by atoms with Gasteiger partial charge in [0.05, 0.1) is 22.1 Å². The number of aliphatic hydroxyl groups is 2. The summed E-state index contributed by atoms with van der Waals surface area (Å²) in [4.78, 5) is 21.1. The molecule has 1 aromatic carbocycles. The fourth-order valence-electron chi connectivity index (χ4n) is 3.44. The third kappa shape index (κ3) is 3.61. The number of anilines is 2. The Labute approximate surface area is 169 Å². The Kier molecular flexibility index (Phi) is 5.07. The number of carbonyl (C=O) groups is 1. The van der Waals surface area contributed by atoms with Crippen molar-refractivity contribution in [1.82, 2.24) is 9.97 Å². The minimum atomic E-state index is -1.05. The molecule has 0 saturated heterocycles. The smallest absolute Gasteiger partial charge is 0.259 e. The summed E-state index contributed by atoms with van der Waals surface area (Å²) in [6, 6.07) is 3.96. The van der Waals surface area contributed by atoms with E-state index in [1.165, 1.54) is 35.9 Å². The van der Waals surface area contributed by atoms with E-state index >= 15 is 0 Å². The fourth-order valence-corrected chi connectivity index (χ4v) is 4.44. The van der Waals surface area contributed by atoms with Crippen molar-refractivity contribution in [1.29, 1.82) is 0 Å². The Hall–Kier alpha value is -2.82. The molecule has 1 fully saturated rings. The molecule has 4 rings (SSSR count). The molecule has 1 saturated carbocycles. The summed E-state index contributed by atoms with van der Waals surface area (Å²) in [5, 5.41) is 23.5. The molecule has 0 bridgehead atoms. The second-order valence-electron chi connectivity index (χ2n) is 6.88. The molecule has 0 spiro atoms. The van der Waals surface area contributed by atoms with Gasteiger partial charge in [0.1, 0.15) is 40.8 Å². The summed E-state index contributed by atoms with van der Waals surface area (Å²) in [6.45, 7) is 1.76. The second kappa shape index (κ2) is 7.54. The molecule has 2 heterocycles. The lowest BCUT2D eigenvalue weighted by Gasteiger charge is -2.21. The number of halogens is 1. The van der Waals surface area contributed by atoms with Crippen molar-refractivity contribution < 1.29 is 24.1 Å². The van der Waals surface area contributed by atoms with Crippen LogP contribution in [0.15, 0.2) is 24.5 Å². The van der Waals surface area contributed by atoms with E-state index in [0.29, 0.717) is 45.0 Å². The number of ether oxygens (including phenoxy) is 1. The molecule has 5 N–H and O–H groups in total. The highest BCUT2D eigenvalue weighted by Gasteiger charge is 2.35. The van der Waals surface area contributed by atoms with E-state index in [2.05, 4.69) is 15.3 Å². The van der Waals surface area contributed by atoms with Crippen molar-refractivity contribution in [2.45, 2.75) is 38.1 Å². The number of nitrogens with one attached hydrogen (secondary N) is 1. The number of fused-ring (bicyclic) bond motifs is 1. The van der Waals surface area contributed by atoms with Gasteiger partial charge in [0.25, 0.3) is 5.91 Å². The highest BCUT2D eigenvalue weighted by Crippen LogP contribution is 2.37. The van der Waals surface area contributed by atoms with E-state index in [4.69, 9.17) is 10.5 Å². The first-order valence-corrected chi connectivity index (χ1v) is 9.80. The van der Waals surface area contributed by atoms with Gasteiger partial charge in [-0.25, -0.2) is 14.4 Å². The predicted molar refractivity (Wildman–Crippen MR) is 106 cm³/mol. The standard InChI is InChI=1S/C19H19FN4O4S/c1-8-14-18(22-7-23-19(14)29-16(8)17(21)27)24-10-3-2-9(20)6-13(10)28-12-5-4-11(25)15(12)26/h2-3,6-7,11-12,15,25-26H,4-5H2,1H3,(H2,21,27)(H,22,23,24)/t11-,12-,15-/m1/s1. The number of rotatable bonds is 5. The van der Waals surface area contributed by atoms with Crippen LogP contribution in [0.5, 0.6) is 5.75 Å². The van der Waals surface area contributed by atoms with Gasteiger partial charge in [0, 0.05) is 6.07 Å². The first kappa shape index (κ1) is 19.5. The first-order chi connectivity index (χ1) is 13.8. The van der Waals surface area contributed by atoms with E-state index < -0.39 is 30.0 Å². The number of thiophene rings is 1. The number of aliphatic hydroxyl groups excluding tert-OH is 2. The summed E-state index contributed by atoms with van der Waals surface area (Å²) < 4.78 is 19.6. The van der Waals surface area contributed by atoms with E-state index in [0.717, 1.165) is 0 Å². The summed E-state index contributed by atoms with van der Waals surface area (Å²) >= 11 is 1.17. The minimum Gasteiger partial charge on any atom is -0.485 e. The van der Waals surface area contributed by atoms with Gasteiger partial charge in [-0.1, -0.05) is 0 Å². The minimum absolute atomic E-state index is 0.179. The Bertz CT molecular complexity index is 1090. The van der Waals surface area contributed by atoms with Crippen LogP contribution in [0.4, 0.5) is 15.9 Å².